The number of nitrogens with zero attached hydrogens (tertiary/aromatic N) is 1. The molecule has 0 saturated carbocycles. The third-order valence-electron chi connectivity index (χ3n) is 5.23. The summed E-state index contributed by atoms with van der Waals surface area (Å²) in [5, 5.41) is 3.91. The normalized spacial score (nSPS) is 11.5. The highest BCUT2D eigenvalue weighted by Crippen LogP contribution is 2.24. The number of hydrogen-bond donors (Lipinski definition) is 1. The predicted octanol–water partition coefficient (Wildman–Crippen LogP) is 5.26. The molecule has 0 aliphatic carbocycles. The molecular weight excluding hydrogens is 344 g/mol. The topological polar surface area (TPSA) is 29.1 Å². The van der Waals surface area contributed by atoms with Gasteiger partial charge in [-0.3, -0.25) is 4.79 Å². The lowest BCUT2D eigenvalue weighted by Crippen LogP contribution is -2.51. The monoisotopic (exact) mass is 373 g/mol. The molecule has 0 saturated heterocycles. The highest BCUT2D eigenvalue weighted by Gasteiger charge is 2.28. The Morgan fingerprint density at radius 1 is 1.04 bits per heavy atom. The minimum absolute atomic E-state index is 0.0517. The molecule has 4 heteroatoms. The molecule has 0 aliphatic rings. The fourth-order valence-electron chi connectivity index (χ4n) is 3.58. The van der Waals surface area contributed by atoms with Crippen LogP contribution in [0, 0.1) is 20.8 Å². The first kappa shape index (κ1) is 20.5. The van der Waals surface area contributed by atoms with Crippen molar-refractivity contribution in [1.82, 2.24) is 0 Å². The molecule has 0 aromatic heterocycles. The fourth-order valence-corrected chi connectivity index (χ4v) is 3.77. The van der Waals surface area contributed by atoms with Gasteiger partial charge in [0.05, 0.1) is 13.1 Å². The minimum atomic E-state index is 0.0517. The molecule has 0 fully saturated rings. The number of aryl methyl sites for hydroxylation is 3. The van der Waals surface area contributed by atoms with Gasteiger partial charge >= 0.3 is 0 Å². The summed E-state index contributed by atoms with van der Waals surface area (Å²) in [6.07, 6.45) is 0. The SMILES string of the molecule is CC[N+](CC)(CC(=O)Nc1c(C)cc(C)cc1C)Cc1ccccc1Cl. The maximum atomic E-state index is 12.9. The molecule has 140 valence electrons. The standard InChI is InChI=1S/C22H29ClN2O/c1-6-25(7-2,14-19-10-8-9-11-20(19)23)15-21(26)24-22-17(4)12-16(3)13-18(22)5/h8-13H,6-7,14-15H2,1-5H3/p+1. The molecule has 0 aliphatic heterocycles. The number of benzene rings is 2. The number of carbonyl (C=O) groups excluding carboxylic acids is 1. The third kappa shape index (κ3) is 4.87. The van der Waals surface area contributed by atoms with Crippen molar-refractivity contribution in [3.8, 4) is 0 Å². The fraction of sp³-hybridized carbons (Fsp3) is 0.409. The lowest BCUT2D eigenvalue weighted by atomic mass is 10.0. The Bertz CT molecular complexity index is 758. The number of amides is 1. The molecule has 2 aromatic carbocycles. The molecular formula is C22H30ClN2O+. The van der Waals surface area contributed by atoms with E-state index < -0.39 is 0 Å². The van der Waals surface area contributed by atoms with E-state index in [1.54, 1.807) is 0 Å². The summed E-state index contributed by atoms with van der Waals surface area (Å²) < 4.78 is 0.680. The second-order valence-corrected chi connectivity index (χ2v) is 7.61. The largest absolute Gasteiger partial charge is 0.321 e. The van der Waals surface area contributed by atoms with Crippen molar-refractivity contribution in [2.75, 3.05) is 25.0 Å². The Balaban J connectivity index is 2.19. The highest BCUT2D eigenvalue weighted by atomic mass is 35.5. The Kier molecular flexibility index (Phi) is 6.85. The smallest absolute Gasteiger partial charge is 0.279 e. The average molecular weight is 374 g/mol. The van der Waals surface area contributed by atoms with Crippen LogP contribution in [0.4, 0.5) is 5.69 Å². The first-order valence-corrected chi connectivity index (χ1v) is 9.64. The molecule has 1 amide bonds. The van der Waals surface area contributed by atoms with E-state index in [0.717, 1.165) is 47.0 Å². The van der Waals surface area contributed by atoms with Crippen LogP contribution < -0.4 is 5.32 Å². The molecule has 0 heterocycles. The average Bonchev–Trinajstić information content (AvgIpc) is 2.59. The summed E-state index contributed by atoms with van der Waals surface area (Å²) in [4.78, 5) is 12.9. The maximum Gasteiger partial charge on any atom is 0.279 e. The number of anilines is 1. The molecule has 0 unspecified atom stereocenters. The number of nitrogens with one attached hydrogen (secondary N) is 1. The number of rotatable bonds is 7. The summed E-state index contributed by atoms with van der Waals surface area (Å²) >= 11 is 6.36. The van der Waals surface area contributed by atoms with Crippen molar-refractivity contribution in [2.24, 2.45) is 0 Å². The van der Waals surface area contributed by atoms with Crippen molar-refractivity contribution >= 4 is 23.2 Å². The van der Waals surface area contributed by atoms with Crippen LogP contribution in [-0.2, 0) is 11.3 Å². The van der Waals surface area contributed by atoms with E-state index in [4.69, 9.17) is 11.6 Å². The van der Waals surface area contributed by atoms with E-state index >= 15 is 0 Å². The summed E-state index contributed by atoms with van der Waals surface area (Å²) in [6, 6.07) is 12.1. The van der Waals surface area contributed by atoms with Gasteiger partial charge in [0, 0.05) is 16.3 Å². The van der Waals surface area contributed by atoms with Gasteiger partial charge in [0.25, 0.3) is 5.91 Å². The van der Waals surface area contributed by atoms with Gasteiger partial charge in [-0.25, -0.2) is 0 Å². The van der Waals surface area contributed by atoms with Gasteiger partial charge in [-0.1, -0.05) is 47.5 Å². The van der Waals surface area contributed by atoms with E-state index in [0.29, 0.717) is 11.0 Å². The summed E-state index contributed by atoms with van der Waals surface area (Å²) in [5.74, 6) is 0.0517. The van der Waals surface area contributed by atoms with Crippen LogP contribution in [0.15, 0.2) is 36.4 Å². The first-order valence-electron chi connectivity index (χ1n) is 9.26. The maximum absolute atomic E-state index is 12.9. The minimum Gasteiger partial charge on any atom is -0.321 e. The molecule has 2 rings (SSSR count). The van der Waals surface area contributed by atoms with Crippen molar-refractivity contribution in [3.05, 3.63) is 63.7 Å². The van der Waals surface area contributed by atoms with Gasteiger partial charge in [0.1, 0.15) is 6.54 Å². The van der Waals surface area contributed by atoms with Crippen LogP contribution in [0.2, 0.25) is 5.02 Å². The zero-order chi connectivity index (χ0) is 19.3. The number of halogens is 1. The first-order chi connectivity index (χ1) is 12.3. The number of carbonyl (C=O) groups is 1. The third-order valence-corrected chi connectivity index (χ3v) is 5.59. The second kappa shape index (κ2) is 8.70. The molecule has 0 atom stereocenters. The Hall–Kier alpha value is -1.84. The zero-order valence-corrected chi connectivity index (χ0v) is 17.3. The van der Waals surface area contributed by atoms with E-state index in [1.807, 2.05) is 38.1 Å². The predicted molar refractivity (Wildman–Crippen MR) is 111 cm³/mol. The Morgan fingerprint density at radius 2 is 1.62 bits per heavy atom. The van der Waals surface area contributed by atoms with Crippen molar-refractivity contribution in [3.63, 3.8) is 0 Å². The molecule has 0 bridgehead atoms. The molecule has 1 N–H and O–H groups in total. The van der Waals surface area contributed by atoms with Crippen LogP contribution in [-0.4, -0.2) is 30.0 Å². The molecule has 2 aromatic rings. The quantitative estimate of drug-likeness (QED) is 0.659. The van der Waals surface area contributed by atoms with Crippen LogP contribution >= 0.6 is 11.6 Å². The Morgan fingerprint density at radius 3 is 2.15 bits per heavy atom. The van der Waals surface area contributed by atoms with Crippen LogP contribution in [0.25, 0.3) is 0 Å². The van der Waals surface area contributed by atoms with E-state index in [-0.39, 0.29) is 5.91 Å². The van der Waals surface area contributed by atoms with Crippen LogP contribution in [0.3, 0.4) is 0 Å². The molecule has 26 heavy (non-hydrogen) atoms. The van der Waals surface area contributed by atoms with Gasteiger partial charge in [-0.05, 0) is 51.8 Å². The van der Waals surface area contributed by atoms with Crippen molar-refractivity contribution in [2.45, 2.75) is 41.2 Å². The lowest BCUT2D eigenvalue weighted by Gasteiger charge is -2.36. The van der Waals surface area contributed by atoms with Gasteiger partial charge in [-0.2, -0.15) is 0 Å². The molecule has 0 radical (unpaired) electrons. The van der Waals surface area contributed by atoms with E-state index in [1.165, 1.54) is 5.56 Å². The van der Waals surface area contributed by atoms with Gasteiger partial charge in [0.15, 0.2) is 6.54 Å². The highest BCUT2D eigenvalue weighted by molar-refractivity contribution is 6.31. The number of quaternary nitrogens is 1. The van der Waals surface area contributed by atoms with E-state index in [2.05, 4.69) is 38.2 Å². The summed E-state index contributed by atoms with van der Waals surface area (Å²) in [5.41, 5.74) is 5.45. The molecule has 0 spiro atoms. The van der Waals surface area contributed by atoms with Gasteiger partial charge < -0.3 is 9.80 Å². The van der Waals surface area contributed by atoms with Crippen LogP contribution in [0.1, 0.15) is 36.1 Å². The van der Waals surface area contributed by atoms with Gasteiger partial charge in [-0.15, -0.1) is 0 Å². The Labute approximate surface area is 162 Å². The number of likely N-dealkylation sites (N-methyl/N-ethyl adjacent to an activating group) is 1. The second-order valence-electron chi connectivity index (χ2n) is 7.20. The van der Waals surface area contributed by atoms with Crippen LogP contribution in [0.5, 0.6) is 0 Å². The van der Waals surface area contributed by atoms with Gasteiger partial charge in [0.2, 0.25) is 0 Å². The molecule has 3 nitrogen and oxygen atoms in total. The van der Waals surface area contributed by atoms with Crippen molar-refractivity contribution < 1.29 is 9.28 Å². The summed E-state index contributed by atoms with van der Waals surface area (Å²) in [7, 11) is 0. The van der Waals surface area contributed by atoms with Crippen molar-refractivity contribution in [1.29, 1.82) is 0 Å². The lowest BCUT2D eigenvalue weighted by molar-refractivity contribution is -0.930. The van der Waals surface area contributed by atoms with E-state index in [9.17, 15) is 4.79 Å². The number of hydrogen-bond acceptors (Lipinski definition) is 1. The zero-order valence-electron chi connectivity index (χ0n) is 16.5. The summed E-state index contributed by atoms with van der Waals surface area (Å²) in [6.45, 7) is 13.4.